The van der Waals surface area contributed by atoms with Crippen molar-refractivity contribution in [3.05, 3.63) is 35.4 Å². The van der Waals surface area contributed by atoms with Crippen LogP contribution in [0.15, 0.2) is 24.3 Å². The van der Waals surface area contributed by atoms with Gasteiger partial charge in [0.2, 0.25) is 0 Å². The Morgan fingerprint density at radius 3 is 3.00 bits per heavy atom. The normalized spacial score (nSPS) is 33.5. The van der Waals surface area contributed by atoms with Gasteiger partial charge in [0.15, 0.2) is 0 Å². The lowest BCUT2D eigenvalue weighted by Gasteiger charge is -2.39. The van der Waals surface area contributed by atoms with E-state index >= 15 is 0 Å². The molecule has 1 aromatic rings. The first-order chi connectivity index (χ1) is 7.37. The van der Waals surface area contributed by atoms with Crippen molar-refractivity contribution >= 4 is 15.9 Å². The van der Waals surface area contributed by atoms with E-state index in [9.17, 15) is 0 Å². The Morgan fingerprint density at radius 1 is 1.27 bits per heavy atom. The van der Waals surface area contributed by atoms with Crippen LogP contribution in [0.3, 0.4) is 0 Å². The zero-order valence-corrected chi connectivity index (χ0v) is 10.6. The van der Waals surface area contributed by atoms with Crippen molar-refractivity contribution < 1.29 is 0 Å². The van der Waals surface area contributed by atoms with Gasteiger partial charge < -0.3 is 0 Å². The van der Waals surface area contributed by atoms with E-state index in [2.05, 4.69) is 40.2 Å². The van der Waals surface area contributed by atoms with Gasteiger partial charge in [0.25, 0.3) is 0 Å². The first-order valence-corrected chi connectivity index (χ1v) is 7.13. The predicted octanol–water partition coefficient (Wildman–Crippen LogP) is 4.07. The fraction of sp³-hybridized carbons (Fsp3) is 0.571. The zero-order chi connectivity index (χ0) is 10.3. The van der Waals surface area contributed by atoms with Crippen LogP contribution in [0.4, 0.5) is 0 Å². The molecule has 0 nitrogen and oxygen atoms in total. The topological polar surface area (TPSA) is 0 Å². The average molecular weight is 265 g/mol. The molecule has 3 rings (SSSR count). The summed E-state index contributed by atoms with van der Waals surface area (Å²) in [4.78, 5) is 0. The lowest BCUT2D eigenvalue weighted by Crippen LogP contribution is -2.36. The van der Waals surface area contributed by atoms with Crippen molar-refractivity contribution in [3.63, 3.8) is 0 Å². The molecule has 1 aromatic carbocycles. The molecule has 0 bridgehead atoms. The Hall–Kier alpha value is -0.300. The number of hydrogen-bond donors (Lipinski definition) is 0. The van der Waals surface area contributed by atoms with Crippen molar-refractivity contribution in [3.8, 4) is 0 Å². The van der Waals surface area contributed by atoms with E-state index in [1.165, 1.54) is 32.1 Å². The molecule has 15 heavy (non-hydrogen) atoms. The second-order valence-electron chi connectivity index (χ2n) is 5.09. The molecule has 0 heterocycles. The largest absolute Gasteiger partial charge is 0.0918 e. The lowest BCUT2D eigenvalue weighted by atomic mass is 9.67. The molecule has 80 valence electrons. The van der Waals surface area contributed by atoms with Gasteiger partial charge in [0, 0.05) is 10.7 Å². The SMILES string of the molecule is BrCC12CCCCC1Cc1ccccc12. The minimum atomic E-state index is 0.481. The summed E-state index contributed by atoms with van der Waals surface area (Å²) in [7, 11) is 0. The Labute approximate surface area is 100 Å². The fourth-order valence-electron chi connectivity index (χ4n) is 3.66. The number of rotatable bonds is 1. The maximum atomic E-state index is 3.78. The Balaban J connectivity index is 2.11. The van der Waals surface area contributed by atoms with E-state index in [0.29, 0.717) is 5.41 Å². The molecule has 2 unspecified atom stereocenters. The first-order valence-electron chi connectivity index (χ1n) is 6.01. The van der Waals surface area contributed by atoms with Gasteiger partial charge in [-0.25, -0.2) is 0 Å². The molecule has 1 heteroatoms. The zero-order valence-electron chi connectivity index (χ0n) is 9.01. The molecule has 2 aliphatic rings. The molecule has 0 amide bonds. The Bertz CT molecular complexity index is 371. The second kappa shape index (κ2) is 3.62. The van der Waals surface area contributed by atoms with Crippen molar-refractivity contribution in [2.24, 2.45) is 5.92 Å². The summed E-state index contributed by atoms with van der Waals surface area (Å²) in [5.74, 6) is 0.906. The number of benzene rings is 1. The highest BCUT2D eigenvalue weighted by Crippen LogP contribution is 2.52. The third kappa shape index (κ3) is 1.32. The molecular weight excluding hydrogens is 248 g/mol. The van der Waals surface area contributed by atoms with Gasteiger partial charge in [-0.1, -0.05) is 53.0 Å². The van der Waals surface area contributed by atoms with E-state index in [0.717, 1.165) is 11.2 Å². The average Bonchev–Trinajstić information content (AvgIpc) is 2.64. The third-order valence-electron chi connectivity index (χ3n) is 4.47. The summed E-state index contributed by atoms with van der Waals surface area (Å²) in [6, 6.07) is 9.10. The van der Waals surface area contributed by atoms with Crippen LogP contribution in [0.1, 0.15) is 36.8 Å². The van der Waals surface area contributed by atoms with Crippen LogP contribution >= 0.6 is 15.9 Å². The standard InChI is InChI=1S/C14H17Br/c15-10-14-8-4-3-6-12(14)9-11-5-1-2-7-13(11)14/h1-2,5,7,12H,3-4,6,8-10H2. The number of fused-ring (bicyclic) bond motifs is 3. The Kier molecular flexibility index (Phi) is 2.39. The van der Waals surface area contributed by atoms with Crippen LogP contribution < -0.4 is 0 Å². The van der Waals surface area contributed by atoms with Gasteiger partial charge in [0.05, 0.1) is 0 Å². The van der Waals surface area contributed by atoms with Crippen molar-refractivity contribution in [1.82, 2.24) is 0 Å². The lowest BCUT2D eigenvalue weighted by molar-refractivity contribution is 0.232. The molecular formula is C14H17Br. The molecule has 1 fully saturated rings. The van der Waals surface area contributed by atoms with Crippen LogP contribution in [0, 0.1) is 5.92 Å². The van der Waals surface area contributed by atoms with Crippen LogP contribution in [0.25, 0.3) is 0 Å². The molecule has 2 aliphatic carbocycles. The van der Waals surface area contributed by atoms with E-state index in [1.54, 1.807) is 11.1 Å². The summed E-state index contributed by atoms with van der Waals surface area (Å²) in [5, 5.41) is 1.15. The second-order valence-corrected chi connectivity index (χ2v) is 5.65. The van der Waals surface area contributed by atoms with E-state index in [4.69, 9.17) is 0 Å². The maximum absolute atomic E-state index is 3.78. The molecule has 2 atom stereocenters. The van der Waals surface area contributed by atoms with Crippen LogP contribution in [-0.2, 0) is 11.8 Å². The van der Waals surface area contributed by atoms with Gasteiger partial charge in [-0.05, 0) is 36.3 Å². The number of hydrogen-bond acceptors (Lipinski definition) is 0. The molecule has 0 saturated heterocycles. The molecule has 0 N–H and O–H groups in total. The van der Waals surface area contributed by atoms with Gasteiger partial charge in [0.1, 0.15) is 0 Å². The van der Waals surface area contributed by atoms with Gasteiger partial charge >= 0.3 is 0 Å². The molecule has 0 aliphatic heterocycles. The quantitative estimate of drug-likeness (QED) is 0.671. The summed E-state index contributed by atoms with van der Waals surface area (Å²) in [6.45, 7) is 0. The predicted molar refractivity (Wildman–Crippen MR) is 67.6 cm³/mol. The minimum absolute atomic E-state index is 0.481. The summed E-state index contributed by atoms with van der Waals surface area (Å²) >= 11 is 3.78. The monoisotopic (exact) mass is 264 g/mol. The molecule has 0 aromatic heterocycles. The summed E-state index contributed by atoms with van der Waals surface area (Å²) < 4.78 is 0. The smallest absolute Gasteiger partial charge is 0.0131 e. The van der Waals surface area contributed by atoms with E-state index < -0.39 is 0 Å². The maximum Gasteiger partial charge on any atom is 0.0131 e. The highest BCUT2D eigenvalue weighted by molar-refractivity contribution is 9.09. The fourth-order valence-corrected chi connectivity index (χ4v) is 4.70. The van der Waals surface area contributed by atoms with Crippen LogP contribution in [0.2, 0.25) is 0 Å². The van der Waals surface area contributed by atoms with Crippen LogP contribution in [-0.4, -0.2) is 5.33 Å². The molecule has 0 radical (unpaired) electrons. The Morgan fingerprint density at radius 2 is 2.13 bits per heavy atom. The van der Waals surface area contributed by atoms with Crippen molar-refractivity contribution in [2.75, 3.05) is 5.33 Å². The van der Waals surface area contributed by atoms with Gasteiger partial charge in [-0.2, -0.15) is 0 Å². The first kappa shape index (κ1) is 9.89. The summed E-state index contributed by atoms with van der Waals surface area (Å²) in [6.07, 6.45) is 6.99. The van der Waals surface area contributed by atoms with Crippen LogP contribution in [0.5, 0.6) is 0 Å². The number of alkyl halides is 1. The third-order valence-corrected chi connectivity index (χ3v) is 5.47. The number of halogens is 1. The van der Waals surface area contributed by atoms with Gasteiger partial charge in [-0.15, -0.1) is 0 Å². The highest BCUT2D eigenvalue weighted by Gasteiger charge is 2.46. The van der Waals surface area contributed by atoms with E-state index in [1.807, 2.05) is 0 Å². The molecule has 1 saturated carbocycles. The van der Waals surface area contributed by atoms with Crippen molar-refractivity contribution in [2.45, 2.75) is 37.5 Å². The highest BCUT2D eigenvalue weighted by atomic mass is 79.9. The minimum Gasteiger partial charge on any atom is -0.0918 e. The molecule has 0 spiro atoms. The van der Waals surface area contributed by atoms with E-state index in [-0.39, 0.29) is 0 Å². The van der Waals surface area contributed by atoms with Crippen molar-refractivity contribution in [1.29, 1.82) is 0 Å². The van der Waals surface area contributed by atoms with Gasteiger partial charge in [-0.3, -0.25) is 0 Å². The summed E-state index contributed by atoms with van der Waals surface area (Å²) in [5.41, 5.74) is 3.74.